The largest absolute Gasteiger partial charge is 0.484 e. The zero-order valence-corrected chi connectivity index (χ0v) is 20.6. The number of carbonyl (C=O) groups is 3. The van der Waals surface area contributed by atoms with E-state index in [1.807, 2.05) is 24.3 Å². The van der Waals surface area contributed by atoms with E-state index in [2.05, 4.69) is 16.9 Å². The number of ether oxygens (including phenoxy) is 2. The Labute approximate surface area is 209 Å². The second-order valence-electron chi connectivity index (χ2n) is 7.68. The maximum atomic E-state index is 13.1. The molecule has 0 spiro atoms. The molecule has 1 aromatic heterocycles. The summed E-state index contributed by atoms with van der Waals surface area (Å²) >= 11 is 0. The molecule has 3 atom stereocenters. The van der Waals surface area contributed by atoms with E-state index in [1.54, 1.807) is 37.3 Å². The van der Waals surface area contributed by atoms with Gasteiger partial charge in [0.05, 0.1) is 7.11 Å². The van der Waals surface area contributed by atoms with Gasteiger partial charge in [-0.2, -0.15) is 0 Å². The van der Waals surface area contributed by atoms with E-state index >= 15 is 0 Å². The number of amides is 2. The number of fused-ring (bicyclic) bond motifs is 1. The summed E-state index contributed by atoms with van der Waals surface area (Å²) in [6.07, 6.45) is 0. The van der Waals surface area contributed by atoms with Crippen molar-refractivity contribution in [2.24, 2.45) is 0 Å². The van der Waals surface area contributed by atoms with Crippen LogP contribution in [0, 0.1) is 0 Å². The summed E-state index contributed by atoms with van der Waals surface area (Å²) in [5.74, 6) is -0.962. The average molecular weight is 514 g/mol. The molecule has 0 bridgehead atoms. The summed E-state index contributed by atoms with van der Waals surface area (Å²) in [4.78, 5) is 43.8. The molecule has 4 rings (SSSR count). The monoisotopic (exact) mass is 513 g/mol. The topological polar surface area (TPSA) is 111 Å². The van der Waals surface area contributed by atoms with Gasteiger partial charge >= 0.3 is 5.97 Å². The molecular weight excluding hydrogens is 490 g/mol. The lowest BCUT2D eigenvalue weighted by Crippen LogP contribution is -2.73. The van der Waals surface area contributed by atoms with E-state index in [1.165, 1.54) is 33.6 Å². The van der Waals surface area contributed by atoms with Crippen LogP contribution in [0.25, 0.3) is 11.1 Å². The molecule has 3 aromatic rings. The minimum atomic E-state index is -0.983. The Bertz CT molecular complexity index is 1220. The molecule has 0 radical (unpaired) electrons. The molecule has 35 heavy (non-hydrogen) atoms. The molecule has 2 heterocycles. The number of nitrogens with zero attached hydrogens (tertiary/aromatic N) is 2. The molecule has 2 aromatic carbocycles. The van der Waals surface area contributed by atoms with Crippen LogP contribution in [0.2, 0.25) is 0 Å². The van der Waals surface area contributed by atoms with Crippen molar-refractivity contribution in [3.05, 3.63) is 66.7 Å². The molecule has 1 fully saturated rings. The Morgan fingerprint density at radius 3 is 2.60 bits per heavy atom. The fourth-order valence-corrected chi connectivity index (χ4v) is 5.94. The van der Waals surface area contributed by atoms with Crippen molar-refractivity contribution in [1.29, 1.82) is 0 Å². The minimum absolute atomic E-state index is 0.260. The zero-order valence-electron chi connectivity index (χ0n) is 19.0. The van der Waals surface area contributed by atoms with Crippen molar-refractivity contribution in [2.75, 3.05) is 13.7 Å². The number of rotatable bonds is 10. The van der Waals surface area contributed by atoms with Crippen LogP contribution in [0.5, 0.6) is 5.75 Å². The van der Waals surface area contributed by atoms with Crippen molar-refractivity contribution in [1.82, 2.24) is 15.2 Å². The predicted octanol–water partition coefficient (Wildman–Crippen LogP) is 3.42. The lowest BCUT2D eigenvalue weighted by molar-refractivity contribution is -0.161. The van der Waals surface area contributed by atoms with Crippen molar-refractivity contribution in [2.45, 2.75) is 29.6 Å². The van der Waals surface area contributed by atoms with Gasteiger partial charge in [0, 0.05) is 10.8 Å². The summed E-state index contributed by atoms with van der Waals surface area (Å²) in [7, 11) is 3.70. The van der Waals surface area contributed by atoms with Crippen molar-refractivity contribution >= 4 is 50.5 Å². The standard InChI is InChI=1S/C24H23N3O6S2/c1-14(2)20(23(30)31-3)27-21(29)19(26-18(28)13-32-15-9-5-4-6-10-15)22(27)34-35-24-25-16-11-7-8-12-17(16)33-24/h4-12,19-20,22H,1,13H2,2-3H3,(H,26,28). The van der Waals surface area contributed by atoms with Crippen molar-refractivity contribution < 1.29 is 28.3 Å². The molecule has 1 saturated heterocycles. The number of hydrogen-bond acceptors (Lipinski definition) is 9. The number of aromatic nitrogens is 1. The smallest absolute Gasteiger partial charge is 0.332 e. The zero-order chi connectivity index (χ0) is 24.9. The number of likely N-dealkylation sites (tertiary alicyclic amines) is 1. The lowest BCUT2D eigenvalue weighted by atomic mass is 9.99. The third-order valence-corrected chi connectivity index (χ3v) is 7.59. The van der Waals surface area contributed by atoms with Gasteiger partial charge in [-0.25, -0.2) is 9.78 Å². The first-order valence-corrected chi connectivity index (χ1v) is 12.8. The van der Waals surface area contributed by atoms with Gasteiger partial charge in [-0.15, -0.1) is 0 Å². The van der Waals surface area contributed by atoms with Gasteiger partial charge in [-0.1, -0.05) is 47.7 Å². The number of oxazole rings is 1. The third kappa shape index (κ3) is 5.46. The second kappa shape index (κ2) is 10.9. The van der Waals surface area contributed by atoms with Crippen molar-refractivity contribution in [3.63, 3.8) is 0 Å². The van der Waals surface area contributed by atoms with E-state index in [4.69, 9.17) is 13.9 Å². The maximum Gasteiger partial charge on any atom is 0.332 e. The first kappa shape index (κ1) is 24.7. The van der Waals surface area contributed by atoms with Gasteiger partial charge in [0.2, 0.25) is 5.91 Å². The molecule has 1 aliphatic heterocycles. The summed E-state index contributed by atoms with van der Waals surface area (Å²) < 4.78 is 16.1. The number of hydrogen-bond donors (Lipinski definition) is 1. The number of methoxy groups -OCH3 is 1. The SMILES string of the molecule is C=C(C)C(C(=O)OC)N1C(=O)C(NC(=O)COc2ccccc2)C1SSc1nc2ccccc2o1. The highest BCUT2D eigenvalue weighted by atomic mass is 33.1. The molecule has 9 nitrogen and oxygen atoms in total. The van der Waals surface area contributed by atoms with Gasteiger partial charge in [0.15, 0.2) is 18.2 Å². The molecule has 182 valence electrons. The van der Waals surface area contributed by atoms with Crippen LogP contribution < -0.4 is 10.1 Å². The van der Waals surface area contributed by atoms with Crippen LogP contribution in [0.15, 0.2) is 76.4 Å². The van der Waals surface area contributed by atoms with Gasteiger partial charge in [-0.05, 0) is 36.8 Å². The molecular formula is C24H23N3O6S2. The van der Waals surface area contributed by atoms with E-state index in [0.717, 1.165) is 0 Å². The van der Waals surface area contributed by atoms with E-state index in [9.17, 15) is 14.4 Å². The van der Waals surface area contributed by atoms with E-state index < -0.39 is 35.2 Å². The molecule has 0 saturated carbocycles. The Kier molecular flexibility index (Phi) is 7.67. The number of esters is 1. The number of β-lactam (4-membered cyclic amide) rings is 1. The third-order valence-electron chi connectivity index (χ3n) is 5.17. The van der Waals surface area contributed by atoms with Gasteiger partial charge < -0.3 is 24.1 Å². The predicted molar refractivity (Wildman–Crippen MR) is 133 cm³/mol. The van der Waals surface area contributed by atoms with Gasteiger partial charge in [0.1, 0.15) is 22.7 Å². The first-order chi connectivity index (χ1) is 16.9. The summed E-state index contributed by atoms with van der Waals surface area (Å²) in [6.45, 7) is 5.23. The van der Waals surface area contributed by atoms with Gasteiger partial charge in [0.25, 0.3) is 11.1 Å². The minimum Gasteiger partial charge on any atom is -0.484 e. The van der Waals surface area contributed by atoms with Crippen LogP contribution in [0.1, 0.15) is 6.92 Å². The van der Waals surface area contributed by atoms with E-state index in [-0.39, 0.29) is 6.61 Å². The Hall–Kier alpha value is -3.44. The number of benzene rings is 2. The number of para-hydroxylation sites is 3. The molecule has 1 aliphatic rings. The van der Waals surface area contributed by atoms with E-state index in [0.29, 0.717) is 27.6 Å². The summed E-state index contributed by atoms with van der Waals surface area (Å²) in [5.41, 5.74) is 1.78. The second-order valence-corrected chi connectivity index (χ2v) is 9.95. The highest BCUT2D eigenvalue weighted by Gasteiger charge is 2.54. The maximum absolute atomic E-state index is 13.1. The Balaban J connectivity index is 1.48. The normalized spacial score (nSPS) is 18.0. The summed E-state index contributed by atoms with van der Waals surface area (Å²) in [5, 5.41) is 2.49. The average Bonchev–Trinajstić information content (AvgIpc) is 3.28. The summed E-state index contributed by atoms with van der Waals surface area (Å²) in [6, 6.07) is 14.4. The highest BCUT2D eigenvalue weighted by molar-refractivity contribution is 8.76. The Morgan fingerprint density at radius 1 is 1.20 bits per heavy atom. The van der Waals surface area contributed by atoms with Gasteiger partial charge in [-0.3, -0.25) is 9.59 Å². The first-order valence-electron chi connectivity index (χ1n) is 10.6. The Morgan fingerprint density at radius 2 is 1.91 bits per heavy atom. The van der Waals surface area contributed by atoms with Crippen LogP contribution in [-0.4, -0.2) is 58.8 Å². The van der Waals surface area contributed by atoms with Crippen LogP contribution in [-0.2, 0) is 19.1 Å². The fraction of sp³-hybridized carbons (Fsp3) is 0.250. The molecule has 1 N–H and O–H groups in total. The van der Waals surface area contributed by atoms with Crippen LogP contribution in [0.4, 0.5) is 0 Å². The van der Waals surface area contributed by atoms with Crippen molar-refractivity contribution in [3.8, 4) is 5.75 Å². The lowest BCUT2D eigenvalue weighted by Gasteiger charge is -2.49. The molecule has 2 amide bonds. The number of carbonyl (C=O) groups excluding carboxylic acids is 3. The highest BCUT2D eigenvalue weighted by Crippen LogP contribution is 2.43. The molecule has 11 heteroatoms. The quantitative estimate of drug-likeness (QED) is 0.189. The molecule has 3 unspecified atom stereocenters. The fourth-order valence-electron chi connectivity index (χ4n) is 3.52. The number of nitrogens with one attached hydrogen (secondary N) is 1. The van der Waals surface area contributed by atoms with Crippen LogP contribution >= 0.6 is 21.6 Å². The molecule has 0 aliphatic carbocycles. The van der Waals surface area contributed by atoms with Crippen LogP contribution in [0.3, 0.4) is 0 Å².